The fourth-order valence-electron chi connectivity index (χ4n) is 1.46. The first kappa shape index (κ1) is 14.5. The van der Waals surface area contributed by atoms with Gasteiger partial charge < -0.3 is 5.11 Å². The van der Waals surface area contributed by atoms with Crippen LogP contribution in [-0.2, 0) is 10.0 Å². The minimum atomic E-state index is -4.11. The van der Waals surface area contributed by atoms with Crippen LogP contribution in [0.2, 0.25) is 0 Å². The van der Waals surface area contributed by atoms with Crippen molar-refractivity contribution in [3.8, 4) is 0 Å². The number of anilines is 1. The van der Waals surface area contributed by atoms with Crippen LogP contribution in [0.15, 0.2) is 28.0 Å². The van der Waals surface area contributed by atoms with Gasteiger partial charge in [0.1, 0.15) is 11.4 Å². The van der Waals surface area contributed by atoms with Crippen molar-refractivity contribution in [3.63, 3.8) is 0 Å². The summed E-state index contributed by atoms with van der Waals surface area (Å²) in [4.78, 5) is 14.8. The number of sulfonamides is 1. The van der Waals surface area contributed by atoms with E-state index in [1.807, 2.05) is 0 Å². The van der Waals surface area contributed by atoms with Gasteiger partial charge >= 0.3 is 5.97 Å². The lowest BCUT2D eigenvalue weighted by Crippen LogP contribution is -2.18. The van der Waals surface area contributed by atoms with Gasteiger partial charge in [0.15, 0.2) is 5.03 Å². The molecule has 20 heavy (non-hydrogen) atoms. The molecule has 0 radical (unpaired) electrons. The number of nitrogens with zero attached hydrogens (tertiary/aromatic N) is 2. The summed E-state index contributed by atoms with van der Waals surface area (Å²) >= 11 is 3.21. The topological polar surface area (TPSA) is 125 Å². The van der Waals surface area contributed by atoms with Gasteiger partial charge in [-0.3, -0.25) is 9.82 Å². The van der Waals surface area contributed by atoms with E-state index in [0.29, 0.717) is 10.0 Å². The average Bonchev–Trinajstić information content (AvgIpc) is 2.82. The summed E-state index contributed by atoms with van der Waals surface area (Å²) in [7, 11) is -4.11. The summed E-state index contributed by atoms with van der Waals surface area (Å²) in [5, 5.41) is 14.0. The number of nitrogens with one attached hydrogen (secondary N) is 2. The molecule has 0 aliphatic heterocycles. The van der Waals surface area contributed by atoms with Gasteiger partial charge in [0, 0.05) is 10.7 Å². The molecular weight excluding hydrogens is 352 g/mol. The molecule has 8 nitrogen and oxygen atoms in total. The maximum atomic E-state index is 12.1. The lowest BCUT2D eigenvalue weighted by Gasteiger charge is -2.08. The van der Waals surface area contributed by atoms with Gasteiger partial charge in [-0.05, 0) is 34.5 Å². The summed E-state index contributed by atoms with van der Waals surface area (Å²) in [6.45, 7) is 1.67. The van der Waals surface area contributed by atoms with Gasteiger partial charge in [-0.1, -0.05) is 0 Å². The number of aromatic carboxylic acids is 1. The number of hydrogen-bond acceptors (Lipinski definition) is 5. The summed E-state index contributed by atoms with van der Waals surface area (Å²) in [6, 6.07) is 1.68. The van der Waals surface area contributed by atoms with E-state index in [-0.39, 0.29) is 5.82 Å². The number of rotatable bonds is 4. The van der Waals surface area contributed by atoms with Gasteiger partial charge in [0.05, 0.1) is 6.20 Å². The molecule has 0 saturated heterocycles. The molecule has 10 heteroatoms. The Bertz CT molecular complexity index is 771. The highest BCUT2D eigenvalue weighted by atomic mass is 79.9. The molecule has 2 heterocycles. The largest absolute Gasteiger partial charge is 0.478 e. The molecule has 0 spiro atoms. The number of H-pyrrole nitrogens is 1. The fourth-order valence-corrected chi connectivity index (χ4v) is 3.08. The molecule has 0 saturated carbocycles. The van der Waals surface area contributed by atoms with Crippen molar-refractivity contribution in [1.82, 2.24) is 15.2 Å². The van der Waals surface area contributed by atoms with Gasteiger partial charge in [0.2, 0.25) is 0 Å². The molecule has 2 aromatic rings. The van der Waals surface area contributed by atoms with Crippen LogP contribution < -0.4 is 4.72 Å². The van der Waals surface area contributed by atoms with Crippen LogP contribution in [0.25, 0.3) is 0 Å². The molecule has 3 N–H and O–H groups in total. The van der Waals surface area contributed by atoms with Crippen LogP contribution in [0, 0.1) is 6.92 Å². The minimum Gasteiger partial charge on any atom is -0.478 e. The molecule has 0 unspecified atom stereocenters. The van der Waals surface area contributed by atoms with E-state index < -0.39 is 26.6 Å². The number of carboxylic acid groups (broad SMARTS) is 1. The lowest BCUT2D eigenvalue weighted by atomic mass is 10.3. The Labute approximate surface area is 122 Å². The molecule has 0 aliphatic carbocycles. The van der Waals surface area contributed by atoms with E-state index in [0.717, 1.165) is 6.20 Å². The minimum absolute atomic E-state index is 0.110. The number of aryl methyl sites for hydroxylation is 1. The van der Waals surface area contributed by atoms with Gasteiger partial charge in [-0.2, -0.15) is 13.5 Å². The second-order valence-electron chi connectivity index (χ2n) is 3.84. The predicted molar refractivity (Wildman–Crippen MR) is 73.0 cm³/mol. The van der Waals surface area contributed by atoms with E-state index in [1.54, 1.807) is 13.0 Å². The number of pyridine rings is 1. The zero-order valence-electron chi connectivity index (χ0n) is 10.1. The van der Waals surface area contributed by atoms with Crippen LogP contribution in [0.1, 0.15) is 15.9 Å². The molecule has 0 atom stereocenters. The molecule has 0 amide bonds. The SMILES string of the molecule is Cc1cc(Br)cnc1NS(=O)(=O)c1[nH]ncc1C(=O)O. The van der Waals surface area contributed by atoms with Crippen molar-refractivity contribution in [2.45, 2.75) is 11.9 Å². The predicted octanol–water partition coefficient (Wildman–Crippen LogP) is 1.37. The first-order chi connectivity index (χ1) is 9.31. The van der Waals surface area contributed by atoms with Crippen molar-refractivity contribution < 1.29 is 18.3 Å². The van der Waals surface area contributed by atoms with E-state index >= 15 is 0 Å². The lowest BCUT2D eigenvalue weighted by molar-refractivity contribution is 0.0692. The van der Waals surface area contributed by atoms with E-state index in [4.69, 9.17) is 5.11 Å². The first-order valence-electron chi connectivity index (χ1n) is 5.23. The normalized spacial score (nSPS) is 11.3. The van der Waals surface area contributed by atoms with E-state index in [2.05, 4.69) is 35.8 Å². The Morgan fingerprint density at radius 1 is 1.45 bits per heavy atom. The Balaban J connectivity index is 2.41. The summed E-state index contributed by atoms with van der Waals surface area (Å²) in [5.41, 5.74) is 0.145. The van der Waals surface area contributed by atoms with E-state index in [1.165, 1.54) is 6.20 Å². The van der Waals surface area contributed by atoms with Crippen LogP contribution in [0.3, 0.4) is 0 Å². The van der Waals surface area contributed by atoms with Crippen LogP contribution in [0.4, 0.5) is 5.82 Å². The zero-order chi connectivity index (χ0) is 14.9. The highest BCUT2D eigenvalue weighted by Crippen LogP contribution is 2.21. The number of hydrogen-bond donors (Lipinski definition) is 3. The third-order valence-electron chi connectivity index (χ3n) is 2.38. The zero-order valence-corrected chi connectivity index (χ0v) is 12.5. The highest BCUT2D eigenvalue weighted by Gasteiger charge is 2.25. The van der Waals surface area contributed by atoms with Crippen molar-refractivity contribution in [2.24, 2.45) is 0 Å². The van der Waals surface area contributed by atoms with Gasteiger partial charge in [0.25, 0.3) is 10.0 Å². The summed E-state index contributed by atoms with van der Waals surface area (Å²) in [5.74, 6) is -1.28. The van der Waals surface area contributed by atoms with Crippen molar-refractivity contribution in [1.29, 1.82) is 0 Å². The molecule has 0 fully saturated rings. The first-order valence-corrected chi connectivity index (χ1v) is 7.50. The second-order valence-corrected chi connectivity index (χ2v) is 6.38. The van der Waals surface area contributed by atoms with Crippen molar-refractivity contribution in [3.05, 3.63) is 34.1 Å². The standard InChI is InChI=1S/C10H9BrN4O4S/c1-5-2-6(11)3-12-8(5)15-20(18,19)9-7(10(16)17)4-13-14-9/h2-4H,1H3,(H,12,15)(H,13,14)(H,16,17). The molecule has 106 valence electrons. The Morgan fingerprint density at radius 3 is 2.75 bits per heavy atom. The van der Waals surface area contributed by atoms with Gasteiger partial charge in [-0.25, -0.2) is 9.78 Å². The average molecular weight is 361 g/mol. The number of halogens is 1. The number of aromatic amines is 1. The monoisotopic (exact) mass is 360 g/mol. The Hall–Kier alpha value is -1.94. The summed E-state index contributed by atoms with van der Waals surface area (Å²) < 4.78 is 27.2. The summed E-state index contributed by atoms with van der Waals surface area (Å²) in [6.07, 6.45) is 2.36. The van der Waals surface area contributed by atoms with Crippen LogP contribution >= 0.6 is 15.9 Å². The number of carboxylic acids is 1. The molecule has 0 bridgehead atoms. The van der Waals surface area contributed by atoms with Crippen molar-refractivity contribution in [2.75, 3.05) is 4.72 Å². The quantitative estimate of drug-likeness (QED) is 0.755. The Morgan fingerprint density at radius 2 is 2.15 bits per heavy atom. The second kappa shape index (κ2) is 5.21. The third kappa shape index (κ3) is 2.80. The maximum Gasteiger partial charge on any atom is 0.340 e. The molecule has 0 aliphatic rings. The van der Waals surface area contributed by atoms with Crippen molar-refractivity contribution >= 4 is 37.7 Å². The van der Waals surface area contributed by atoms with Gasteiger partial charge in [-0.15, -0.1) is 0 Å². The fraction of sp³-hybridized carbons (Fsp3) is 0.100. The third-order valence-corrected chi connectivity index (χ3v) is 4.12. The smallest absolute Gasteiger partial charge is 0.340 e. The molecule has 2 rings (SSSR count). The van der Waals surface area contributed by atoms with E-state index in [9.17, 15) is 13.2 Å². The number of aromatic nitrogens is 3. The number of carbonyl (C=O) groups is 1. The molecule has 2 aromatic heterocycles. The molecular formula is C10H9BrN4O4S. The van der Waals surface area contributed by atoms with Crippen LogP contribution in [-0.4, -0.2) is 34.7 Å². The van der Waals surface area contributed by atoms with Crippen LogP contribution in [0.5, 0.6) is 0 Å². The molecule has 0 aromatic carbocycles. The maximum absolute atomic E-state index is 12.1. The highest BCUT2D eigenvalue weighted by molar-refractivity contribution is 9.10. The Kier molecular flexibility index (Phi) is 3.77.